The molecular formula is C10H9F3N2. The van der Waals surface area contributed by atoms with Gasteiger partial charge in [-0.25, -0.2) is 13.2 Å². The van der Waals surface area contributed by atoms with Crippen molar-refractivity contribution in [3.05, 3.63) is 29.6 Å². The Morgan fingerprint density at radius 2 is 1.73 bits per heavy atom. The lowest BCUT2D eigenvalue weighted by Crippen LogP contribution is -2.25. The second-order valence-electron chi connectivity index (χ2n) is 3.42. The van der Waals surface area contributed by atoms with E-state index in [9.17, 15) is 13.2 Å². The molecule has 0 saturated carbocycles. The number of amidine groups is 1. The molecule has 80 valence electrons. The van der Waals surface area contributed by atoms with Crippen LogP contribution in [-0.2, 0) is 0 Å². The highest BCUT2D eigenvalue weighted by atomic mass is 19.1. The Morgan fingerprint density at radius 1 is 1.13 bits per heavy atom. The van der Waals surface area contributed by atoms with Crippen LogP contribution in [0.3, 0.4) is 0 Å². The number of nitrogens with zero attached hydrogens (tertiary/aromatic N) is 1. The van der Waals surface area contributed by atoms with Crippen molar-refractivity contribution in [3.63, 3.8) is 0 Å². The minimum Gasteiger partial charge on any atom is -0.325 e. The molecule has 1 aromatic carbocycles. The lowest BCUT2D eigenvalue weighted by atomic mass is 10.2. The Bertz CT molecular complexity index is 394. The van der Waals surface area contributed by atoms with Crippen LogP contribution in [-0.4, -0.2) is 12.4 Å². The second kappa shape index (κ2) is 3.56. The lowest BCUT2D eigenvalue weighted by molar-refractivity contribution is 0.544. The van der Waals surface area contributed by atoms with Crippen LogP contribution < -0.4 is 4.90 Å². The van der Waals surface area contributed by atoms with Crippen molar-refractivity contribution >= 4 is 11.5 Å². The zero-order valence-corrected chi connectivity index (χ0v) is 7.86. The molecule has 0 radical (unpaired) electrons. The quantitative estimate of drug-likeness (QED) is 0.764. The first-order valence-electron chi connectivity index (χ1n) is 4.59. The SMILES string of the molecule is N=C1CCCN1c1c(F)cc(F)cc1F. The zero-order chi connectivity index (χ0) is 11.0. The summed E-state index contributed by atoms with van der Waals surface area (Å²) in [4.78, 5) is 1.24. The first kappa shape index (κ1) is 10.0. The van der Waals surface area contributed by atoms with Gasteiger partial charge in [-0.15, -0.1) is 0 Å². The van der Waals surface area contributed by atoms with Gasteiger partial charge in [0.05, 0.1) is 0 Å². The molecule has 5 heteroatoms. The maximum Gasteiger partial charge on any atom is 0.152 e. The summed E-state index contributed by atoms with van der Waals surface area (Å²) < 4.78 is 39.3. The van der Waals surface area contributed by atoms with Gasteiger partial charge in [0.25, 0.3) is 0 Å². The Labute approximate surface area is 84.8 Å². The molecule has 0 amide bonds. The van der Waals surface area contributed by atoms with Gasteiger partial charge < -0.3 is 4.90 Å². The Morgan fingerprint density at radius 3 is 2.20 bits per heavy atom. The number of nitrogens with one attached hydrogen (secondary N) is 1. The third-order valence-electron chi connectivity index (χ3n) is 2.37. The number of anilines is 1. The van der Waals surface area contributed by atoms with Crippen LogP contribution in [0, 0.1) is 22.9 Å². The summed E-state index contributed by atoms with van der Waals surface area (Å²) in [6.07, 6.45) is 1.19. The van der Waals surface area contributed by atoms with Gasteiger partial charge >= 0.3 is 0 Å². The zero-order valence-electron chi connectivity index (χ0n) is 7.86. The molecule has 0 unspecified atom stereocenters. The number of benzene rings is 1. The van der Waals surface area contributed by atoms with E-state index in [2.05, 4.69) is 0 Å². The van der Waals surface area contributed by atoms with Crippen LogP contribution in [0.1, 0.15) is 12.8 Å². The second-order valence-corrected chi connectivity index (χ2v) is 3.42. The maximum atomic E-state index is 13.3. The fourth-order valence-corrected chi connectivity index (χ4v) is 1.71. The molecule has 15 heavy (non-hydrogen) atoms. The predicted molar refractivity (Wildman–Crippen MR) is 50.6 cm³/mol. The van der Waals surface area contributed by atoms with E-state index in [4.69, 9.17) is 5.41 Å². The molecule has 1 heterocycles. The lowest BCUT2D eigenvalue weighted by Gasteiger charge is -2.19. The van der Waals surface area contributed by atoms with Gasteiger partial charge in [0.2, 0.25) is 0 Å². The van der Waals surface area contributed by atoms with E-state index < -0.39 is 17.5 Å². The summed E-state index contributed by atoms with van der Waals surface area (Å²) in [5.41, 5.74) is -0.320. The highest BCUT2D eigenvalue weighted by molar-refractivity contribution is 5.97. The fourth-order valence-electron chi connectivity index (χ4n) is 1.71. The van der Waals surface area contributed by atoms with Crippen molar-refractivity contribution < 1.29 is 13.2 Å². The summed E-state index contributed by atoms with van der Waals surface area (Å²) in [6.45, 7) is 0.401. The average Bonchev–Trinajstić information content (AvgIpc) is 2.50. The maximum absolute atomic E-state index is 13.3. The number of hydrogen-bond acceptors (Lipinski definition) is 1. The van der Waals surface area contributed by atoms with Crippen LogP contribution in [0.4, 0.5) is 18.9 Å². The van der Waals surface area contributed by atoms with Crippen molar-refractivity contribution in [2.75, 3.05) is 11.4 Å². The van der Waals surface area contributed by atoms with Gasteiger partial charge in [-0.3, -0.25) is 5.41 Å². The fraction of sp³-hybridized carbons (Fsp3) is 0.300. The van der Waals surface area contributed by atoms with E-state index in [0.29, 0.717) is 31.5 Å². The minimum absolute atomic E-state index is 0.166. The topological polar surface area (TPSA) is 27.1 Å². The van der Waals surface area contributed by atoms with Crippen molar-refractivity contribution in [3.8, 4) is 0 Å². The highest BCUT2D eigenvalue weighted by Gasteiger charge is 2.25. The van der Waals surface area contributed by atoms with Gasteiger partial charge in [0.15, 0.2) is 11.6 Å². The monoisotopic (exact) mass is 214 g/mol. The first-order chi connectivity index (χ1) is 7.09. The summed E-state index contributed by atoms with van der Waals surface area (Å²) >= 11 is 0. The molecule has 0 atom stereocenters. The summed E-state index contributed by atoms with van der Waals surface area (Å²) in [7, 11) is 0. The Kier molecular flexibility index (Phi) is 2.38. The van der Waals surface area contributed by atoms with E-state index in [1.54, 1.807) is 0 Å². The van der Waals surface area contributed by atoms with Crippen LogP contribution in [0.25, 0.3) is 0 Å². The normalized spacial score (nSPS) is 16.2. The highest BCUT2D eigenvalue weighted by Crippen LogP contribution is 2.28. The summed E-state index contributed by atoms with van der Waals surface area (Å²) in [6, 6.07) is 1.26. The molecule has 1 aliphatic rings. The van der Waals surface area contributed by atoms with Gasteiger partial charge in [0, 0.05) is 25.1 Å². The van der Waals surface area contributed by atoms with Crippen LogP contribution in [0.15, 0.2) is 12.1 Å². The third kappa shape index (κ3) is 1.69. The number of halogens is 3. The largest absolute Gasteiger partial charge is 0.325 e. The molecule has 1 N–H and O–H groups in total. The first-order valence-corrected chi connectivity index (χ1v) is 4.59. The molecule has 2 rings (SSSR count). The van der Waals surface area contributed by atoms with Crippen LogP contribution >= 0.6 is 0 Å². The average molecular weight is 214 g/mol. The standard InChI is InChI=1S/C10H9F3N2/c11-6-4-7(12)10(8(13)5-6)15-3-1-2-9(15)14/h4-5,14H,1-3H2. The molecule has 0 aromatic heterocycles. The van der Waals surface area contributed by atoms with Crippen LogP contribution in [0.5, 0.6) is 0 Å². The van der Waals surface area contributed by atoms with E-state index in [1.807, 2.05) is 0 Å². The molecule has 1 fully saturated rings. The van der Waals surface area contributed by atoms with E-state index in [1.165, 1.54) is 4.90 Å². The van der Waals surface area contributed by atoms with Gasteiger partial charge in [-0.1, -0.05) is 0 Å². The number of hydrogen-bond donors (Lipinski definition) is 1. The van der Waals surface area contributed by atoms with E-state index in [0.717, 1.165) is 0 Å². The smallest absolute Gasteiger partial charge is 0.152 e. The van der Waals surface area contributed by atoms with Gasteiger partial charge in [-0.05, 0) is 6.42 Å². The molecule has 0 bridgehead atoms. The minimum atomic E-state index is -0.959. The van der Waals surface area contributed by atoms with E-state index in [-0.39, 0.29) is 11.5 Å². The molecule has 1 aromatic rings. The van der Waals surface area contributed by atoms with Crippen molar-refractivity contribution in [2.24, 2.45) is 0 Å². The molecule has 0 aliphatic carbocycles. The summed E-state index contributed by atoms with van der Waals surface area (Å²) in [5.74, 6) is -2.70. The predicted octanol–water partition coefficient (Wildman–Crippen LogP) is 2.68. The molecule has 1 aliphatic heterocycles. The van der Waals surface area contributed by atoms with Crippen molar-refractivity contribution in [1.82, 2.24) is 0 Å². The van der Waals surface area contributed by atoms with Gasteiger partial charge in [-0.2, -0.15) is 0 Å². The number of rotatable bonds is 1. The Hall–Kier alpha value is -1.52. The Balaban J connectivity index is 2.47. The van der Waals surface area contributed by atoms with Crippen molar-refractivity contribution in [2.45, 2.75) is 12.8 Å². The molecule has 1 saturated heterocycles. The molecule has 2 nitrogen and oxygen atoms in total. The molecule has 0 spiro atoms. The van der Waals surface area contributed by atoms with Crippen molar-refractivity contribution in [1.29, 1.82) is 5.41 Å². The third-order valence-corrected chi connectivity index (χ3v) is 2.37. The summed E-state index contributed by atoms with van der Waals surface area (Å²) in [5, 5.41) is 7.49. The van der Waals surface area contributed by atoms with E-state index >= 15 is 0 Å². The van der Waals surface area contributed by atoms with Crippen LogP contribution in [0.2, 0.25) is 0 Å². The molecular weight excluding hydrogens is 205 g/mol. The van der Waals surface area contributed by atoms with Gasteiger partial charge in [0.1, 0.15) is 17.3 Å².